The molecule has 1 aliphatic rings. The van der Waals surface area contributed by atoms with Crippen LogP contribution in [-0.4, -0.2) is 50.1 Å². The summed E-state index contributed by atoms with van der Waals surface area (Å²) in [6, 6.07) is 3.38. The molecule has 0 aliphatic carbocycles. The Morgan fingerprint density at radius 3 is 2.42 bits per heavy atom. The summed E-state index contributed by atoms with van der Waals surface area (Å²) in [7, 11) is 0. The molecule has 1 unspecified atom stereocenters. The second-order valence-electron chi connectivity index (χ2n) is 5.39. The van der Waals surface area contributed by atoms with E-state index in [9.17, 15) is 13.2 Å². The molecule has 0 amide bonds. The zero-order valence-electron chi connectivity index (χ0n) is 13.7. The number of rotatable bonds is 6. The fourth-order valence-corrected chi connectivity index (χ4v) is 2.73. The van der Waals surface area contributed by atoms with Crippen LogP contribution in [0.2, 0.25) is 5.02 Å². The standard InChI is InChI=1S/C16H21ClF3NO3/c1-3-22-13-7-11(12(17)8-14(13)23-4-2)9-21-5-6-24-15(10-21)16(18,19)20/h7-8,15H,3-6,9-10H2,1-2H3. The van der Waals surface area contributed by atoms with Crippen molar-refractivity contribution in [3.63, 3.8) is 0 Å². The lowest BCUT2D eigenvalue weighted by atomic mass is 10.1. The van der Waals surface area contributed by atoms with Crippen molar-refractivity contribution in [1.29, 1.82) is 0 Å². The van der Waals surface area contributed by atoms with E-state index in [0.717, 1.165) is 0 Å². The van der Waals surface area contributed by atoms with E-state index in [0.29, 0.717) is 48.4 Å². The number of benzene rings is 1. The minimum atomic E-state index is -4.36. The summed E-state index contributed by atoms with van der Waals surface area (Å²) in [6.45, 7) is 5.15. The number of alkyl halides is 3. The van der Waals surface area contributed by atoms with Gasteiger partial charge in [-0.1, -0.05) is 11.6 Å². The van der Waals surface area contributed by atoms with Crippen molar-refractivity contribution < 1.29 is 27.4 Å². The summed E-state index contributed by atoms with van der Waals surface area (Å²) >= 11 is 6.27. The number of hydrogen-bond donors (Lipinski definition) is 0. The Hall–Kier alpha value is -1.18. The number of ether oxygens (including phenoxy) is 3. The lowest BCUT2D eigenvalue weighted by Crippen LogP contribution is -2.48. The minimum Gasteiger partial charge on any atom is -0.490 e. The van der Waals surface area contributed by atoms with Gasteiger partial charge in [-0.25, -0.2) is 0 Å². The molecule has 1 heterocycles. The van der Waals surface area contributed by atoms with Gasteiger partial charge in [0.15, 0.2) is 17.6 Å². The van der Waals surface area contributed by atoms with Gasteiger partial charge in [-0.05, 0) is 25.5 Å². The van der Waals surface area contributed by atoms with Crippen LogP contribution >= 0.6 is 11.6 Å². The van der Waals surface area contributed by atoms with E-state index in [-0.39, 0.29) is 13.2 Å². The van der Waals surface area contributed by atoms with E-state index < -0.39 is 12.3 Å². The van der Waals surface area contributed by atoms with Crippen molar-refractivity contribution in [2.45, 2.75) is 32.7 Å². The van der Waals surface area contributed by atoms with Gasteiger partial charge in [0, 0.05) is 30.7 Å². The highest BCUT2D eigenvalue weighted by atomic mass is 35.5. The van der Waals surface area contributed by atoms with Crippen LogP contribution in [0.1, 0.15) is 19.4 Å². The number of nitrogens with zero attached hydrogens (tertiary/aromatic N) is 1. The van der Waals surface area contributed by atoms with Crippen molar-refractivity contribution in [3.05, 3.63) is 22.7 Å². The molecule has 0 spiro atoms. The van der Waals surface area contributed by atoms with E-state index in [4.69, 9.17) is 25.8 Å². The third kappa shape index (κ3) is 4.91. The van der Waals surface area contributed by atoms with E-state index >= 15 is 0 Å². The predicted octanol–water partition coefficient (Wildman–Crippen LogP) is 3.90. The Labute approximate surface area is 144 Å². The first-order chi connectivity index (χ1) is 11.3. The first-order valence-corrected chi connectivity index (χ1v) is 8.21. The van der Waals surface area contributed by atoms with E-state index in [2.05, 4.69) is 0 Å². The third-order valence-corrected chi connectivity index (χ3v) is 3.97. The lowest BCUT2D eigenvalue weighted by Gasteiger charge is -2.34. The molecular formula is C16H21ClF3NO3. The quantitative estimate of drug-likeness (QED) is 0.763. The molecule has 0 N–H and O–H groups in total. The van der Waals surface area contributed by atoms with Gasteiger partial charge in [0.1, 0.15) is 0 Å². The maximum absolute atomic E-state index is 12.8. The van der Waals surface area contributed by atoms with Crippen LogP contribution in [0, 0.1) is 0 Å². The first kappa shape index (κ1) is 19.1. The maximum Gasteiger partial charge on any atom is 0.415 e. The van der Waals surface area contributed by atoms with Gasteiger partial charge in [-0.15, -0.1) is 0 Å². The molecule has 8 heteroatoms. The number of halogens is 4. The summed E-state index contributed by atoms with van der Waals surface area (Å²) in [4.78, 5) is 1.68. The Kier molecular flexibility index (Phi) is 6.60. The van der Waals surface area contributed by atoms with Crippen LogP contribution in [0.4, 0.5) is 13.2 Å². The van der Waals surface area contributed by atoms with Crippen molar-refractivity contribution in [3.8, 4) is 11.5 Å². The Bertz CT molecular complexity index is 554. The molecular weight excluding hydrogens is 347 g/mol. The highest BCUT2D eigenvalue weighted by Gasteiger charge is 2.43. The average Bonchev–Trinajstić information content (AvgIpc) is 2.51. The zero-order valence-corrected chi connectivity index (χ0v) is 14.4. The van der Waals surface area contributed by atoms with Crippen LogP contribution in [0.5, 0.6) is 11.5 Å². The fraction of sp³-hybridized carbons (Fsp3) is 0.625. The van der Waals surface area contributed by atoms with Gasteiger partial charge in [0.2, 0.25) is 0 Å². The van der Waals surface area contributed by atoms with Gasteiger partial charge >= 0.3 is 6.18 Å². The molecule has 2 rings (SSSR count). The van der Waals surface area contributed by atoms with Gasteiger partial charge in [0.05, 0.1) is 19.8 Å². The van der Waals surface area contributed by atoms with Crippen LogP contribution in [-0.2, 0) is 11.3 Å². The second kappa shape index (κ2) is 8.27. The molecule has 4 nitrogen and oxygen atoms in total. The molecule has 0 aromatic heterocycles. The molecule has 0 radical (unpaired) electrons. The normalized spacial score (nSPS) is 19.3. The zero-order chi connectivity index (χ0) is 17.7. The third-order valence-electron chi connectivity index (χ3n) is 3.62. The molecule has 1 fully saturated rings. The lowest BCUT2D eigenvalue weighted by molar-refractivity contribution is -0.237. The van der Waals surface area contributed by atoms with Crippen LogP contribution < -0.4 is 9.47 Å². The van der Waals surface area contributed by atoms with Crippen LogP contribution in [0.25, 0.3) is 0 Å². The molecule has 1 saturated heterocycles. The van der Waals surface area contributed by atoms with E-state index in [1.54, 1.807) is 17.0 Å². The van der Waals surface area contributed by atoms with Gasteiger partial charge in [-0.2, -0.15) is 13.2 Å². The predicted molar refractivity (Wildman–Crippen MR) is 84.9 cm³/mol. The molecule has 1 aromatic rings. The van der Waals surface area contributed by atoms with Gasteiger partial charge < -0.3 is 14.2 Å². The molecule has 0 bridgehead atoms. The summed E-state index contributed by atoms with van der Waals surface area (Å²) in [5.74, 6) is 1.07. The number of hydrogen-bond acceptors (Lipinski definition) is 4. The molecule has 1 atom stereocenters. The molecule has 1 aromatic carbocycles. The highest BCUT2D eigenvalue weighted by Crippen LogP contribution is 2.35. The fourth-order valence-electron chi connectivity index (χ4n) is 2.52. The smallest absolute Gasteiger partial charge is 0.415 e. The van der Waals surface area contributed by atoms with Crippen molar-refractivity contribution in [2.24, 2.45) is 0 Å². The largest absolute Gasteiger partial charge is 0.490 e. The summed E-state index contributed by atoms with van der Waals surface area (Å²) in [5, 5.41) is 0.442. The number of morpholine rings is 1. The van der Waals surface area contributed by atoms with Crippen molar-refractivity contribution >= 4 is 11.6 Å². The van der Waals surface area contributed by atoms with E-state index in [1.807, 2.05) is 13.8 Å². The summed E-state index contributed by atoms with van der Waals surface area (Å²) in [6.07, 6.45) is -6.13. The second-order valence-corrected chi connectivity index (χ2v) is 5.80. The van der Waals surface area contributed by atoms with Crippen molar-refractivity contribution in [2.75, 3.05) is 32.9 Å². The molecule has 24 heavy (non-hydrogen) atoms. The van der Waals surface area contributed by atoms with Gasteiger partial charge in [-0.3, -0.25) is 4.90 Å². The first-order valence-electron chi connectivity index (χ1n) is 7.83. The summed E-state index contributed by atoms with van der Waals surface area (Å²) < 4.78 is 54.3. The Morgan fingerprint density at radius 1 is 1.21 bits per heavy atom. The van der Waals surface area contributed by atoms with Gasteiger partial charge in [0.25, 0.3) is 0 Å². The average molecular weight is 368 g/mol. The maximum atomic E-state index is 12.8. The van der Waals surface area contributed by atoms with Crippen LogP contribution in [0.3, 0.4) is 0 Å². The topological polar surface area (TPSA) is 30.9 Å². The monoisotopic (exact) mass is 367 g/mol. The molecule has 136 valence electrons. The van der Waals surface area contributed by atoms with E-state index in [1.165, 1.54) is 0 Å². The SMILES string of the molecule is CCOc1cc(Cl)c(CN2CCOC(C(F)(F)F)C2)cc1OCC. The molecule has 1 aliphatic heterocycles. The Balaban J connectivity index is 2.15. The minimum absolute atomic E-state index is 0.0388. The van der Waals surface area contributed by atoms with Crippen molar-refractivity contribution in [1.82, 2.24) is 4.90 Å². The Morgan fingerprint density at radius 2 is 1.83 bits per heavy atom. The van der Waals surface area contributed by atoms with Crippen LogP contribution in [0.15, 0.2) is 12.1 Å². The molecule has 0 saturated carbocycles. The highest BCUT2D eigenvalue weighted by molar-refractivity contribution is 6.31. The summed E-state index contributed by atoms with van der Waals surface area (Å²) in [5.41, 5.74) is 0.700.